The Kier molecular flexibility index (Phi) is 4.68. The minimum absolute atomic E-state index is 0.194. The zero-order valence-electron chi connectivity index (χ0n) is 12.7. The van der Waals surface area contributed by atoms with Crippen LogP contribution in [0.1, 0.15) is 52.9 Å². The Morgan fingerprint density at radius 1 is 1.25 bits per heavy atom. The SMILES string of the molecule is CCCOc1ncnc(OC2CCC(C)(C)CC2)c1N. The highest BCUT2D eigenvalue weighted by molar-refractivity contribution is 5.55. The van der Waals surface area contributed by atoms with Crippen molar-refractivity contribution in [2.45, 2.75) is 59.0 Å². The van der Waals surface area contributed by atoms with E-state index in [2.05, 4.69) is 23.8 Å². The van der Waals surface area contributed by atoms with Crippen molar-refractivity contribution in [1.82, 2.24) is 9.97 Å². The van der Waals surface area contributed by atoms with Gasteiger partial charge in [0, 0.05) is 0 Å². The molecule has 1 aliphatic carbocycles. The lowest BCUT2D eigenvalue weighted by molar-refractivity contribution is 0.0951. The predicted molar refractivity (Wildman–Crippen MR) is 78.9 cm³/mol. The van der Waals surface area contributed by atoms with Crippen LogP contribution in [0.4, 0.5) is 5.69 Å². The first-order valence-electron chi connectivity index (χ1n) is 7.42. The van der Waals surface area contributed by atoms with Gasteiger partial charge in [0.25, 0.3) is 0 Å². The van der Waals surface area contributed by atoms with Gasteiger partial charge in [-0.1, -0.05) is 20.8 Å². The number of aromatic nitrogens is 2. The van der Waals surface area contributed by atoms with E-state index in [9.17, 15) is 0 Å². The lowest BCUT2D eigenvalue weighted by Crippen LogP contribution is -2.28. The molecule has 0 aliphatic heterocycles. The van der Waals surface area contributed by atoms with Gasteiger partial charge in [-0.3, -0.25) is 0 Å². The summed E-state index contributed by atoms with van der Waals surface area (Å²) in [6, 6.07) is 0. The highest BCUT2D eigenvalue weighted by Gasteiger charge is 2.28. The molecule has 2 N–H and O–H groups in total. The summed E-state index contributed by atoms with van der Waals surface area (Å²) >= 11 is 0. The molecule has 0 saturated heterocycles. The molecule has 20 heavy (non-hydrogen) atoms. The van der Waals surface area contributed by atoms with Crippen molar-refractivity contribution in [3.05, 3.63) is 6.33 Å². The van der Waals surface area contributed by atoms with Crippen molar-refractivity contribution in [2.24, 2.45) is 5.41 Å². The van der Waals surface area contributed by atoms with Gasteiger partial charge in [0.15, 0.2) is 5.69 Å². The molecule has 0 spiro atoms. The molecular formula is C15H25N3O2. The van der Waals surface area contributed by atoms with Gasteiger partial charge in [-0.25, -0.2) is 0 Å². The molecule has 2 rings (SSSR count). The number of nitrogens with zero attached hydrogens (tertiary/aromatic N) is 2. The van der Waals surface area contributed by atoms with Crippen molar-refractivity contribution >= 4 is 5.69 Å². The third-order valence-corrected chi connectivity index (χ3v) is 3.82. The molecule has 1 aliphatic rings. The molecule has 0 radical (unpaired) electrons. The van der Waals surface area contributed by atoms with E-state index in [-0.39, 0.29) is 6.10 Å². The number of anilines is 1. The zero-order chi connectivity index (χ0) is 14.6. The molecule has 112 valence electrons. The zero-order valence-corrected chi connectivity index (χ0v) is 12.7. The third-order valence-electron chi connectivity index (χ3n) is 3.82. The maximum Gasteiger partial charge on any atom is 0.244 e. The number of hydrogen-bond donors (Lipinski definition) is 1. The molecular weight excluding hydrogens is 254 g/mol. The highest BCUT2D eigenvalue weighted by Crippen LogP contribution is 2.37. The van der Waals surface area contributed by atoms with E-state index in [1.54, 1.807) is 0 Å². The highest BCUT2D eigenvalue weighted by atomic mass is 16.5. The Morgan fingerprint density at radius 3 is 2.55 bits per heavy atom. The first kappa shape index (κ1) is 14.9. The largest absolute Gasteiger partial charge is 0.476 e. The summed E-state index contributed by atoms with van der Waals surface area (Å²) in [5, 5.41) is 0. The van der Waals surface area contributed by atoms with E-state index >= 15 is 0 Å². The summed E-state index contributed by atoms with van der Waals surface area (Å²) in [6.07, 6.45) is 6.98. The second-order valence-electron chi connectivity index (χ2n) is 6.23. The maximum atomic E-state index is 6.02. The fraction of sp³-hybridized carbons (Fsp3) is 0.733. The van der Waals surface area contributed by atoms with Crippen molar-refractivity contribution in [2.75, 3.05) is 12.3 Å². The maximum absolute atomic E-state index is 6.02. The van der Waals surface area contributed by atoms with Crippen molar-refractivity contribution < 1.29 is 9.47 Å². The van der Waals surface area contributed by atoms with Crippen LogP contribution in [0.5, 0.6) is 11.8 Å². The minimum Gasteiger partial charge on any atom is -0.476 e. The first-order valence-corrected chi connectivity index (χ1v) is 7.42. The van der Waals surface area contributed by atoms with Gasteiger partial charge in [-0.05, 0) is 37.5 Å². The standard InChI is InChI=1S/C15H25N3O2/c1-4-9-19-13-12(16)14(18-10-17-13)20-11-5-7-15(2,3)8-6-11/h10-11H,4-9,16H2,1-3H3. The predicted octanol–water partition coefficient (Wildman–Crippen LogP) is 3.20. The molecule has 0 bridgehead atoms. The topological polar surface area (TPSA) is 70.3 Å². The Bertz CT molecular complexity index is 439. The van der Waals surface area contributed by atoms with Crippen LogP contribution in [-0.2, 0) is 0 Å². The van der Waals surface area contributed by atoms with Crippen LogP contribution in [-0.4, -0.2) is 22.7 Å². The molecule has 0 atom stereocenters. The van der Waals surface area contributed by atoms with Crippen LogP contribution in [0.15, 0.2) is 6.33 Å². The van der Waals surface area contributed by atoms with Crippen molar-refractivity contribution in [3.8, 4) is 11.8 Å². The summed E-state index contributed by atoms with van der Waals surface area (Å²) < 4.78 is 11.4. The van der Waals surface area contributed by atoms with Crippen LogP contribution in [0.3, 0.4) is 0 Å². The van der Waals surface area contributed by atoms with E-state index in [4.69, 9.17) is 15.2 Å². The number of hydrogen-bond acceptors (Lipinski definition) is 5. The average Bonchev–Trinajstić information content (AvgIpc) is 2.42. The quantitative estimate of drug-likeness (QED) is 0.896. The van der Waals surface area contributed by atoms with E-state index in [1.165, 1.54) is 19.2 Å². The normalized spacial score (nSPS) is 18.8. The van der Waals surface area contributed by atoms with Gasteiger partial charge in [0.05, 0.1) is 6.61 Å². The minimum atomic E-state index is 0.194. The molecule has 1 saturated carbocycles. The average molecular weight is 279 g/mol. The summed E-state index contributed by atoms with van der Waals surface area (Å²) in [7, 11) is 0. The lowest BCUT2D eigenvalue weighted by Gasteiger charge is -2.34. The fourth-order valence-corrected chi connectivity index (χ4v) is 2.42. The summed E-state index contributed by atoms with van der Waals surface area (Å²) in [6.45, 7) is 7.24. The van der Waals surface area contributed by atoms with Gasteiger partial charge >= 0.3 is 0 Å². The van der Waals surface area contributed by atoms with Crippen LogP contribution in [0, 0.1) is 5.41 Å². The Balaban J connectivity index is 1.99. The van der Waals surface area contributed by atoms with Crippen molar-refractivity contribution in [3.63, 3.8) is 0 Å². The van der Waals surface area contributed by atoms with Gasteiger partial charge in [0.2, 0.25) is 11.8 Å². The Morgan fingerprint density at radius 2 is 1.90 bits per heavy atom. The number of rotatable bonds is 5. The molecule has 5 heteroatoms. The second-order valence-corrected chi connectivity index (χ2v) is 6.23. The third kappa shape index (κ3) is 3.74. The van der Waals surface area contributed by atoms with Gasteiger partial charge in [-0.2, -0.15) is 9.97 Å². The summed E-state index contributed by atoms with van der Waals surface area (Å²) in [5.74, 6) is 0.879. The summed E-state index contributed by atoms with van der Waals surface area (Å²) in [4.78, 5) is 8.19. The molecule has 0 unspecified atom stereocenters. The molecule has 0 amide bonds. The first-order chi connectivity index (χ1) is 9.52. The summed E-state index contributed by atoms with van der Waals surface area (Å²) in [5.41, 5.74) is 6.85. The molecule has 1 aromatic rings. The van der Waals surface area contributed by atoms with Crippen LogP contribution in [0.25, 0.3) is 0 Å². The van der Waals surface area contributed by atoms with Crippen LogP contribution >= 0.6 is 0 Å². The van der Waals surface area contributed by atoms with E-state index < -0.39 is 0 Å². The van der Waals surface area contributed by atoms with Gasteiger partial charge in [-0.15, -0.1) is 0 Å². The molecule has 0 aromatic carbocycles. The van der Waals surface area contributed by atoms with Crippen LogP contribution < -0.4 is 15.2 Å². The number of ether oxygens (including phenoxy) is 2. The van der Waals surface area contributed by atoms with Crippen molar-refractivity contribution in [1.29, 1.82) is 0 Å². The monoisotopic (exact) mass is 279 g/mol. The Hall–Kier alpha value is -1.52. The number of nitrogens with two attached hydrogens (primary N) is 1. The number of nitrogen functional groups attached to an aromatic ring is 1. The molecule has 1 aromatic heterocycles. The van der Waals surface area contributed by atoms with Crippen LogP contribution in [0.2, 0.25) is 0 Å². The lowest BCUT2D eigenvalue weighted by atomic mass is 9.76. The van der Waals surface area contributed by atoms with E-state index in [0.717, 1.165) is 19.3 Å². The molecule has 5 nitrogen and oxygen atoms in total. The fourth-order valence-electron chi connectivity index (χ4n) is 2.42. The second kappa shape index (κ2) is 6.29. The molecule has 1 heterocycles. The smallest absolute Gasteiger partial charge is 0.244 e. The van der Waals surface area contributed by atoms with E-state index in [0.29, 0.717) is 29.5 Å². The Labute approximate surface area is 120 Å². The molecule has 1 fully saturated rings. The van der Waals surface area contributed by atoms with Gasteiger partial charge < -0.3 is 15.2 Å². The van der Waals surface area contributed by atoms with Gasteiger partial charge in [0.1, 0.15) is 12.4 Å². The van der Waals surface area contributed by atoms with E-state index in [1.807, 2.05) is 6.92 Å².